The predicted molar refractivity (Wildman–Crippen MR) is 118 cm³/mol. The van der Waals surface area contributed by atoms with Crippen molar-refractivity contribution in [2.45, 2.75) is 18.8 Å². The molecule has 1 N–H and O–H groups in total. The Bertz CT molecular complexity index is 1190. The molecule has 3 aliphatic carbocycles. The number of carbonyl (C=O) groups excluding carboxylic acids is 4. The number of carbonyl (C=O) groups is 4. The van der Waals surface area contributed by atoms with Crippen LogP contribution < -0.4 is 0 Å². The number of phenols is 1. The van der Waals surface area contributed by atoms with E-state index in [1.807, 2.05) is 6.08 Å². The number of Topliss-reactive ketones (excluding diaryl/α,β-unsaturated/α-hetero) is 1. The van der Waals surface area contributed by atoms with Gasteiger partial charge in [-0.1, -0.05) is 27.6 Å². The van der Waals surface area contributed by atoms with E-state index in [1.165, 1.54) is 24.1 Å². The van der Waals surface area contributed by atoms with Crippen LogP contribution in [0.5, 0.6) is 5.75 Å². The summed E-state index contributed by atoms with van der Waals surface area (Å²) >= 11 is 6.61. The average molecular weight is 547 g/mol. The van der Waals surface area contributed by atoms with Crippen LogP contribution in [0.1, 0.15) is 24.3 Å². The highest BCUT2D eigenvalue weighted by molar-refractivity contribution is 9.12. The molecule has 1 fully saturated rings. The van der Waals surface area contributed by atoms with Gasteiger partial charge in [-0.3, -0.25) is 24.1 Å². The third-order valence-corrected chi connectivity index (χ3v) is 7.93. The minimum absolute atomic E-state index is 0.00327. The average Bonchev–Trinajstić information content (AvgIpc) is 2.96. The standard InChI is InChI=1S/C23H17Br2NO5/c1-26-22(30)11-4-3-10-12(19(11)23(26)31)7-14-20(17(28)8-15(25)21(14)29)18(10)13-6-9(24)2-5-16(13)27/h2-3,5-6,8,11-12,18-19,27H,4,7H2,1H3/t11-,12+,18+,19-/m0/s1. The number of likely N-dealkylation sites (tertiary alicyclic amines) is 1. The van der Waals surface area contributed by atoms with Gasteiger partial charge in [0.15, 0.2) is 11.6 Å². The van der Waals surface area contributed by atoms with Gasteiger partial charge in [0.05, 0.1) is 16.3 Å². The summed E-state index contributed by atoms with van der Waals surface area (Å²) in [5.74, 6) is -3.13. The van der Waals surface area contributed by atoms with Crippen LogP contribution in [-0.2, 0) is 19.2 Å². The Hall–Kier alpha value is -2.32. The van der Waals surface area contributed by atoms with E-state index in [1.54, 1.807) is 12.1 Å². The number of phenolic OH excluding ortho intramolecular Hbond substituents is 1. The topological polar surface area (TPSA) is 91.8 Å². The molecule has 1 heterocycles. The Morgan fingerprint density at radius 3 is 2.55 bits per heavy atom. The molecule has 0 spiro atoms. The van der Waals surface area contributed by atoms with Gasteiger partial charge in [0, 0.05) is 40.2 Å². The number of allylic oxidation sites excluding steroid dienone is 6. The zero-order valence-corrected chi connectivity index (χ0v) is 19.6. The maximum atomic E-state index is 13.1. The summed E-state index contributed by atoms with van der Waals surface area (Å²) < 4.78 is 0.899. The Balaban J connectivity index is 1.75. The second kappa shape index (κ2) is 7.10. The van der Waals surface area contributed by atoms with Crippen molar-refractivity contribution in [1.82, 2.24) is 4.90 Å². The van der Waals surface area contributed by atoms with Crippen LogP contribution in [0, 0.1) is 17.8 Å². The number of ketones is 2. The molecule has 6 nitrogen and oxygen atoms in total. The van der Waals surface area contributed by atoms with Crippen LogP contribution >= 0.6 is 31.9 Å². The molecule has 0 unspecified atom stereocenters. The number of hydrogen-bond acceptors (Lipinski definition) is 5. The first-order chi connectivity index (χ1) is 14.7. The molecule has 1 aromatic rings. The molecule has 1 aromatic carbocycles. The molecule has 4 atom stereocenters. The third-order valence-electron chi connectivity index (χ3n) is 6.85. The maximum Gasteiger partial charge on any atom is 0.233 e. The van der Waals surface area contributed by atoms with E-state index in [0.717, 1.165) is 10.0 Å². The summed E-state index contributed by atoms with van der Waals surface area (Å²) in [4.78, 5) is 52.9. The normalized spacial score (nSPS) is 30.1. The molecule has 2 amide bonds. The number of rotatable bonds is 1. The molecule has 0 radical (unpaired) electrons. The molecule has 158 valence electrons. The predicted octanol–water partition coefficient (Wildman–Crippen LogP) is 3.55. The number of fused-ring (bicyclic) bond motifs is 3. The SMILES string of the molecule is CN1C(=O)[C@H]2[C@H](CC=C3[C@H](c4cc(Br)ccc4O)C4=C(C[C@H]32)C(=O)C(Br)=CC4=O)C1=O. The Morgan fingerprint density at radius 2 is 1.81 bits per heavy atom. The number of amides is 2. The molecule has 5 rings (SSSR count). The molecule has 0 aromatic heterocycles. The minimum atomic E-state index is -0.658. The monoisotopic (exact) mass is 545 g/mol. The van der Waals surface area contributed by atoms with Gasteiger partial charge in [-0.15, -0.1) is 0 Å². The molecule has 4 aliphatic rings. The lowest BCUT2D eigenvalue weighted by Gasteiger charge is -2.42. The highest BCUT2D eigenvalue weighted by Crippen LogP contribution is 2.56. The summed E-state index contributed by atoms with van der Waals surface area (Å²) in [5, 5.41) is 10.7. The molecule has 8 heteroatoms. The summed E-state index contributed by atoms with van der Waals surface area (Å²) in [7, 11) is 1.49. The molecule has 1 saturated heterocycles. The molecule has 0 bridgehead atoms. The van der Waals surface area contributed by atoms with E-state index < -0.39 is 23.7 Å². The molecular formula is C23H17Br2NO5. The summed E-state index contributed by atoms with van der Waals surface area (Å²) in [5.41, 5.74) is 2.00. The number of aromatic hydroxyl groups is 1. The maximum absolute atomic E-state index is 13.1. The van der Waals surface area contributed by atoms with Crippen LogP contribution in [0.25, 0.3) is 0 Å². The van der Waals surface area contributed by atoms with E-state index in [2.05, 4.69) is 31.9 Å². The molecule has 0 saturated carbocycles. The van der Waals surface area contributed by atoms with Gasteiger partial charge in [-0.2, -0.15) is 0 Å². The van der Waals surface area contributed by atoms with Crippen molar-refractivity contribution in [2.24, 2.45) is 17.8 Å². The zero-order chi connectivity index (χ0) is 22.2. The lowest BCUT2D eigenvalue weighted by molar-refractivity contribution is -0.138. The summed E-state index contributed by atoms with van der Waals surface area (Å²) in [6, 6.07) is 4.96. The second-order valence-electron chi connectivity index (χ2n) is 8.33. The van der Waals surface area contributed by atoms with Crippen molar-refractivity contribution >= 4 is 55.2 Å². The van der Waals surface area contributed by atoms with E-state index in [0.29, 0.717) is 23.1 Å². The first-order valence-corrected chi connectivity index (χ1v) is 11.5. The Morgan fingerprint density at radius 1 is 1.06 bits per heavy atom. The minimum Gasteiger partial charge on any atom is -0.508 e. The van der Waals surface area contributed by atoms with Crippen molar-refractivity contribution < 1.29 is 24.3 Å². The second-order valence-corrected chi connectivity index (χ2v) is 10.1. The summed E-state index contributed by atoms with van der Waals surface area (Å²) in [6.45, 7) is 0. The van der Waals surface area contributed by atoms with E-state index >= 15 is 0 Å². The van der Waals surface area contributed by atoms with Crippen LogP contribution in [0.3, 0.4) is 0 Å². The van der Waals surface area contributed by atoms with Crippen LogP contribution in [0.4, 0.5) is 0 Å². The number of nitrogens with zero attached hydrogens (tertiary/aromatic N) is 1. The number of imide groups is 1. The molecule has 1 aliphatic heterocycles. The van der Waals surface area contributed by atoms with Gasteiger partial charge in [0.2, 0.25) is 11.8 Å². The van der Waals surface area contributed by atoms with Gasteiger partial charge >= 0.3 is 0 Å². The number of hydrogen-bond donors (Lipinski definition) is 1. The highest BCUT2D eigenvalue weighted by atomic mass is 79.9. The quantitative estimate of drug-likeness (QED) is 0.330. The lowest BCUT2D eigenvalue weighted by atomic mass is 9.59. The van der Waals surface area contributed by atoms with Gasteiger partial charge in [-0.25, -0.2) is 0 Å². The lowest BCUT2D eigenvalue weighted by Crippen LogP contribution is -2.39. The first-order valence-electron chi connectivity index (χ1n) is 9.89. The number of halogens is 2. The molecule has 31 heavy (non-hydrogen) atoms. The van der Waals surface area contributed by atoms with Gasteiger partial charge in [-0.05, 0) is 52.9 Å². The fourth-order valence-electron chi connectivity index (χ4n) is 5.48. The fraction of sp³-hybridized carbons (Fsp3) is 0.304. The van der Waals surface area contributed by atoms with Crippen molar-refractivity contribution in [2.75, 3.05) is 7.05 Å². The fourth-order valence-corrected chi connectivity index (χ4v) is 6.30. The van der Waals surface area contributed by atoms with Crippen LogP contribution in [0.15, 0.2) is 56.0 Å². The smallest absolute Gasteiger partial charge is 0.233 e. The van der Waals surface area contributed by atoms with Gasteiger partial charge < -0.3 is 5.11 Å². The zero-order valence-electron chi connectivity index (χ0n) is 16.4. The summed E-state index contributed by atoms with van der Waals surface area (Å²) in [6.07, 6.45) is 3.80. The van der Waals surface area contributed by atoms with Crippen molar-refractivity contribution in [3.63, 3.8) is 0 Å². The van der Waals surface area contributed by atoms with E-state index in [9.17, 15) is 24.3 Å². The van der Waals surface area contributed by atoms with Crippen LogP contribution in [-0.4, -0.2) is 40.4 Å². The molecular weight excluding hydrogens is 530 g/mol. The van der Waals surface area contributed by atoms with Crippen LogP contribution in [0.2, 0.25) is 0 Å². The Kier molecular flexibility index (Phi) is 4.71. The van der Waals surface area contributed by atoms with E-state index in [-0.39, 0.29) is 40.0 Å². The number of benzene rings is 1. The van der Waals surface area contributed by atoms with Crippen molar-refractivity contribution in [3.8, 4) is 5.75 Å². The van der Waals surface area contributed by atoms with Crippen molar-refractivity contribution in [3.05, 3.63) is 61.6 Å². The third kappa shape index (κ3) is 2.88. The largest absolute Gasteiger partial charge is 0.508 e. The van der Waals surface area contributed by atoms with Crippen molar-refractivity contribution in [1.29, 1.82) is 0 Å². The van der Waals surface area contributed by atoms with E-state index in [4.69, 9.17) is 0 Å². The Labute approximate surface area is 194 Å². The van der Waals surface area contributed by atoms with Gasteiger partial charge in [0.25, 0.3) is 0 Å². The first kappa shape index (κ1) is 20.6. The highest BCUT2D eigenvalue weighted by Gasteiger charge is 2.55. The van der Waals surface area contributed by atoms with Gasteiger partial charge in [0.1, 0.15) is 5.75 Å².